The summed E-state index contributed by atoms with van der Waals surface area (Å²) in [6.07, 6.45) is 3.04. The van der Waals surface area contributed by atoms with Crippen LogP contribution < -0.4 is 5.32 Å². The van der Waals surface area contributed by atoms with Crippen LogP contribution in [0.4, 0.5) is 5.82 Å². The van der Waals surface area contributed by atoms with Gasteiger partial charge < -0.3 is 15.2 Å². The third-order valence-electron chi connectivity index (χ3n) is 2.88. The summed E-state index contributed by atoms with van der Waals surface area (Å²) in [6.45, 7) is 5.15. The number of ether oxygens (including phenoxy) is 1. The number of aromatic carboxylic acids is 1. The van der Waals surface area contributed by atoms with Gasteiger partial charge >= 0.3 is 5.97 Å². The topological polar surface area (TPSA) is 71.5 Å². The van der Waals surface area contributed by atoms with E-state index in [0.717, 1.165) is 43.7 Å². The number of carboxylic acids is 1. The minimum absolute atomic E-state index is 0.266. The fraction of sp³-hybridized carbons (Fsp3) is 0.571. The second-order valence-corrected chi connectivity index (χ2v) is 4.59. The lowest BCUT2D eigenvalue weighted by atomic mass is 10.1. The fourth-order valence-electron chi connectivity index (χ4n) is 1.99. The highest BCUT2D eigenvalue weighted by atomic mass is 16.5. The molecule has 1 heterocycles. The number of carboxylic acid groups (broad SMARTS) is 1. The first-order valence-electron chi connectivity index (χ1n) is 6.50. The van der Waals surface area contributed by atoms with Gasteiger partial charge in [0.05, 0.1) is 0 Å². The average molecular weight is 266 g/mol. The average Bonchev–Trinajstić information content (AvgIpc) is 2.32. The Morgan fingerprint density at radius 3 is 2.74 bits per heavy atom. The molecule has 106 valence electrons. The van der Waals surface area contributed by atoms with E-state index >= 15 is 0 Å². The number of aryl methyl sites for hydroxylation is 2. The Morgan fingerprint density at radius 2 is 2.11 bits per heavy atom. The Labute approximate surface area is 114 Å². The summed E-state index contributed by atoms with van der Waals surface area (Å²) < 4.78 is 4.98. The lowest BCUT2D eigenvalue weighted by Crippen LogP contribution is -2.12. The highest BCUT2D eigenvalue weighted by Gasteiger charge is 2.15. The van der Waals surface area contributed by atoms with Gasteiger partial charge in [0.2, 0.25) is 0 Å². The van der Waals surface area contributed by atoms with Crippen molar-refractivity contribution in [1.29, 1.82) is 0 Å². The highest BCUT2D eigenvalue weighted by molar-refractivity contribution is 5.94. The number of rotatable bonds is 8. The summed E-state index contributed by atoms with van der Waals surface area (Å²) >= 11 is 0. The summed E-state index contributed by atoms with van der Waals surface area (Å²) in [7, 11) is 1.69. The first-order valence-corrected chi connectivity index (χ1v) is 6.50. The molecule has 0 aliphatic carbocycles. The molecule has 2 N–H and O–H groups in total. The standard InChI is InChI=1S/C14H22N2O3/c1-10-9-11(2)16-13(12(10)14(17)18)15-7-5-4-6-8-19-3/h9H,4-8H2,1-3H3,(H,15,16)(H,17,18). The van der Waals surface area contributed by atoms with Gasteiger partial charge in [0.1, 0.15) is 11.4 Å². The van der Waals surface area contributed by atoms with Crippen LogP contribution in [0.2, 0.25) is 0 Å². The molecule has 0 fully saturated rings. The van der Waals surface area contributed by atoms with E-state index in [1.54, 1.807) is 20.1 Å². The molecule has 5 heteroatoms. The van der Waals surface area contributed by atoms with Crippen molar-refractivity contribution in [3.05, 3.63) is 22.9 Å². The third kappa shape index (κ3) is 4.87. The molecule has 1 aromatic heterocycles. The zero-order valence-corrected chi connectivity index (χ0v) is 11.8. The van der Waals surface area contributed by atoms with Gasteiger partial charge in [-0.3, -0.25) is 0 Å². The van der Waals surface area contributed by atoms with Crippen LogP contribution in [0.5, 0.6) is 0 Å². The van der Waals surface area contributed by atoms with E-state index in [0.29, 0.717) is 5.82 Å². The molecule has 0 aromatic carbocycles. The minimum Gasteiger partial charge on any atom is -0.478 e. The van der Waals surface area contributed by atoms with E-state index in [1.807, 2.05) is 6.92 Å². The van der Waals surface area contributed by atoms with Crippen molar-refractivity contribution < 1.29 is 14.6 Å². The number of hydrogen-bond acceptors (Lipinski definition) is 4. The van der Waals surface area contributed by atoms with Gasteiger partial charge in [-0.15, -0.1) is 0 Å². The first-order chi connectivity index (χ1) is 9.06. The van der Waals surface area contributed by atoms with Gasteiger partial charge in [-0.05, 0) is 44.7 Å². The number of unbranched alkanes of at least 4 members (excludes halogenated alkanes) is 2. The second kappa shape index (κ2) is 7.74. The number of nitrogens with zero attached hydrogens (tertiary/aromatic N) is 1. The maximum atomic E-state index is 11.2. The summed E-state index contributed by atoms with van der Waals surface area (Å²) in [5.74, 6) is -0.469. The van der Waals surface area contributed by atoms with Crippen LogP contribution in [0.15, 0.2) is 6.07 Å². The van der Waals surface area contributed by atoms with Gasteiger partial charge in [-0.1, -0.05) is 0 Å². The number of methoxy groups -OCH3 is 1. The molecule has 1 rings (SSSR count). The molecule has 1 aromatic rings. The summed E-state index contributed by atoms with van der Waals surface area (Å²) in [4.78, 5) is 15.5. The number of nitrogens with one attached hydrogen (secondary N) is 1. The molecule has 0 aliphatic rings. The number of hydrogen-bond donors (Lipinski definition) is 2. The van der Waals surface area contributed by atoms with Crippen molar-refractivity contribution in [2.45, 2.75) is 33.1 Å². The zero-order chi connectivity index (χ0) is 14.3. The maximum absolute atomic E-state index is 11.2. The van der Waals surface area contributed by atoms with Crippen molar-refractivity contribution in [3.8, 4) is 0 Å². The van der Waals surface area contributed by atoms with Crippen molar-refractivity contribution in [2.24, 2.45) is 0 Å². The molecule has 5 nitrogen and oxygen atoms in total. The van der Waals surface area contributed by atoms with E-state index in [4.69, 9.17) is 4.74 Å². The Balaban J connectivity index is 2.59. The van der Waals surface area contributed by atoms with Crippen LogP contribution in [0, 0.1) is 13.8 Å². The molecule has 0 spiro atoms. The first kappa shape index (κ1) is 15.4. The highest BCUT2D eigenvalue weighted by Crippen LogP contribution is 2.18. The summed E-state index contributed by atoms with van der Waals surface area (Å²) in [5, 5.41) is 12.3. The monoisotopic (exact) mass is 266 g/mol. The predicted molar refractivity (Wildman–Crippen MR) is 74.9 cm³/mol. The molecule has 0 radical (unpaired) electrons. The number of aromatic nitrogens is 1. The van der Waals surface area contributed by atoms with E-state index < -0.39 is 5.97 Å². The van der Waals surface area contributed by atoms with E-state index in [2.05, 4.69) is 10.3 Å². The Kier molecular flexibility index (Phi) is 6.29. The number of carbonyl (C=O) groups is 1. The second-order valence-electron chi connectivity index (χ2n) is 4.59. The van der Waals surface area contributed by atoms with Crippen LogP contribution in [0.25, 0.3) is 0 Å². The lowest BCUT2D eigenvalue weighted by molar-refractivity contribution is 0.0697. The lowest BCUT2D eigenvalue weighted by Gasteiger charge is -2.11. The van der Waals surface area contributed by atoms with Gasteiger partial charge in [0.25, 0.3) is 0 Å². The minimum atomic E-state index is -0.938. The molecule has 0 aliphatic heterocycles. The molecular weight excluding hydrogens is 244 g/mol. The van der Waals surface area contributed by atoms with Crippen molar-refractivity contribution in [2.75, 3.05) is 25.6 Å². The van der Waals surface area contributed by atoms with Crippen LogP contribution >= 0.6 is 0 Å². The van der Waals surface area contributed by atoms with Crippen molar-refractivity contribution >= 4 is 11.8 Å². The van der Waals surface area contributed by atoms with E-state index in [-0.39, 0.29) is 5.56 Å². The Morgan fingerprint density at radius 1 is 1.37 bits per heavy atom. The largest absolute Gasteiger partial charge is 0.478 e. The predicted octanol–water partition coefficient (Wildman–Crippen LogP) is 2.63. The van der Waals surface area contributed by atoms with E-state index in [1.165, 1.54) is 0 Å². The summed E-state index contributed by atoms with van der Waals surface area (Å²) in [5.41, 5.74) is 1.83. The van der Waals surface area contributed by atoms with Gasteiger partial charge in [-0.2, -0.15) is 0 Å². The van der Waals surface area contributed by atoms with Crippen LogP contribution in [-0.4, -0.2) is 36.3 Å². The van der Waals surface area contributed by atoms with Crippen molar-refractivity contribution in [1.82, 2.24) is 4.98 Å². The van der Waals surface area contributed by atoms with E-state index in [9.17, 15) is 9.90 Å². The number of pyridine rings is 1. The van der Waals surface area contributed by atoms with Gasteiger partial charge in [0.15, 0.2) is 0 Å². The van der Waals surface area contributed by atoms with Gasteiger partial charge in [-0.25, -0.2) is 9.78 Å². The fourth-order valence-corrected chi connectivity index (χ4v) is 1.99. The molecule has 0 bridgehead atoms. The molecule has 0 atom stereocenters. The molecule has 0 saturated carbocycles. The molecular formula is C14H22N2O3. The third-order valence-corrected chi connectivity index (χ3v) is 2.88. The van der Waals surface area contributed by atoms with Crippen LogP contribution in [-0.2, 0) is 4.74 Å². The molecule has 0 amide bonds. The SMILES string of the molecule is COCCCCCNc1nc(C)cc(C)c1C(=O)O. The maximum Gasteiger partial charge on any atom is 0.339 e. The smallest absolute Gasteiger partial charge is 0.339 e. The Bertz CT molecular complexity index is 433. The molecule has 0 unspecified atom stereocenters. The quantitative estimate of drug-likeness (QED) is 0.708. The zero-order valence-electron chi connectivity index (χ0n) is 11.8. The summed E-state index contributed by atoms with van der Waals surface area (Å²) in [6, 6.07) is 1.78. The normalized spacial score (nSPS) is 10.5. The molecule has 19 heavy (non-hydrogen) atoms. The molecule has 0 saturated heterocycles. The number of anilines is 1. The van der Waals surface area contributed by atoms with Crippen molar-refractivity contribution in [3.63, 3.8) is 0 Å². The van der Waals surface area contributed by atoms with Crippen LogP contribution in [0.3, 0.4) is 0 Å². The van der Waals surface area contributed by atoms with Crippen LogP contribution in [0.1, 0.15) is 40.9 Å². The Hall–Kier alpha value is -1.62. The van der Waals surface area contributed by atoms with Gasteiger partial charge in [0, 0.05) is 26.0 Å².